The summed E-state index contributed by atoms with van der Waals surface area (Å²) in [5.41, 5.74) is 12.6. The van der Waals surface area contributed by atoms with Crippen molar-refractivity contribution in [3.05, 3.63) is 74.9 Å². The Labute approximate surface area is 126 Å². The Kier molecular flexibility index (Phi) is 2.74. The number of pyridine rings is 1. The highest BCUT2D eigenvalue weighted by molar-refractivity contribution is 5.99. The first kappa shape index (κ1) is 12.7. The number of azide groups is 1. The van der Waals surface area contributed by atoms with Crippen LogP contribution >= 0.6 is 0 Å². The van der Waals surface area contributed by atoms with Gasteiger partial charge in [0, 0.05) is 16.8 Å². The first-order valence-corrected chi connectivity index (χ1v) is 7.10. The van der Waals surface area contributed by atoms with E-state index in [1.54, 1.807) is 4.57 Å². The lowest BCUT2D eigenvalue weighted by atomic mass is 10.0. The second kappa shape index (κ2) is 4.76. The maximum Gasteiger partial charge on any atom is 0.259 e. The monoisotopic (exact) mass is 288 g/mol. The molecule has 2 heterocycles. The van der Waals surface area contributed by atoms with E-state index in [0.717, 1.165) is 28.5 Å². The zero-order chi connectivity index (χ0) is 15.1. The maximum atomic E-state index is 12.9. The topological polar surface area (TPSA) is 70.8 Å². The van der Waals surface area contributed by atoms with Crippen LogP contribution < -0.4 is 5.56 Å². The number of aryl methyl sites for hydroxylation is 2. The van der Waals surface area contributed by atoms with E-state index >= 15 is 0 Å². The first-order chi connectivity index (χ1) is 10.8. The third kappa shape index (κ3) is 1.66. The number of para-hydroxylation sites is 1. The predicted octanol–water partition coefficient (Wildman–Crippen LogP) is 4.17. The van der Waals surface area contributed by atoms with Gasteiger partial charge in [0.2, 0.25) is 0 Å². The van der Waals surface area contributed by atoms with Gasteiger partial charge in [0.05, 0.1) is 16.8 Å². The van der Waals surface area contributed by atoms with Crippen LogP contribution in [-0.4, -0.2) is 4.57 Å². The largest absolute Gasteiger partial charge is 0.307 e. The van der Waals surface area contributed by atoms with Crippen molar-refractivity contribution in [2.45, 2.75) is 13.0 Å². The van der Waals surface area contributed by atoms with Crippen LogP contribution in [0.4, 0.5) is 5.69 Å². The minimum Gasteiger partial charge on any atom is -0.307 e. The Morgan fingerprint density at radius 2 is 1.91 bits per heavy atom. The smallest absolute Gasteiger partial charge is 0.259 e. The summed E-state index contributed by atoms with van der Waals surface area (Å²) < 4.78 is 1.80. The van der Waals surface area contributed by atoms with Crippen LogP contribution in [0.15, 0.2) is 58.4 Å². The van der Waals surface area contributed by atoms with Gasteiger partial charge >= 0.3 is 0 Å². The van der Waals surface area contributed by atoms with E-state index in [1.165, 1.54) is 0 Å². The highest BCUT2D eigenvalue weighted by atomic mass is 16.1. The van der Waals surface area contributed by atoms with Gasteiger partial charge in [0.25, 0.3) is 5.56 Å². The average Bonchev–Trinajstić information content (AvgIpc) is 2.99. The number of benzene rings is 2. The Balaban J connectivity index is 2.24. The molecule has 1 aromatic heterocycles. The van der Waals surface area contributed by atoms with Crippen molar-refractivity contribution in [2.24, 2.45) is 5.11 Å². The van der Waals surface area contributed by atoms with Crippen LogP contribution in [0.1, 0.15) is 5.56 Å². The van der Waals surface area contributed by atoms with Crippen molar-refractivity contribution in [1.29, 1.82) is 0 Å². The Morgan fingerprint density at radius 1 is 1.09 bits per heavy atom. The van der Waals surface area contributed by atoms with Crippen molar-refractivity contribution in [3.8, 4) is 11.1 Å². The van der Waals surface area contributed by atoms with Crippen LogP contribution in [-0.2, 0) is 13.0 Å². The number of rotatable bonds is 2. The number of hydrogen-bond donors (Lipinski definition) is 0. The summed E-state index contributed by atoms with van der Waals surface area (Å²) in [4.78, 5) is 15.9. The third-order valence-electron chi connectivity index (χ3n) is 4.15. The zero-order valence-corrected chi connectivity index (χ0v) is 11.7. The fourth-order valence-electron chi connectivity index (χ4n) is 3.23. The molecule has 0 amide bonds. The molecule has 2 aromatic carbocycles. The van der Waals surface area contributed by atoms with E-state index in [0.29, 0.717) is 17.8 Å². The van der Waals surface area contributed by atoms with Crippen molar-refractivity contribution >= 4 is 16.6 Å². The third-order valence-corrected chi connectivity index (χ3v) is 4.15. The number of nitrogens with zero attached hydrogens (tertiary/aromatic N) is 4. The van der Waals surface area contributed by atoms with Gasteiger partial charge in [-0.3, -0.25) is 4.79 Å². The molecule has 22 heavy (non-hydrogen) atoms. The standard InChI is InChI=1S/C17H12N4O/c18-20-19-15-13-8-4-7-12-9-10-21(16(12)13)17(22)14(15)11-5-2-1-3-6-11/h1-8H,9-10H2. The molecule has 4 rings (SSSR count). The molecular formula is C17H12N4O. The fraction of sp³-hybridized carbons (Fsp3) is 0.118. The van der Waals surface area contributed by atoms with Crippen molar-refractivity contribution in [1.82, 2.24) is 4.57 Å². The van der Waals surface area contributed by atoms with Crippen LogP contribution in [0.3, 0.4) is 0 Å². The molecule has 0 atom stereocenters. The second-order valence-corrected chi connectivity index (χ2v) is 5.30. The molecule has 1 aliphatic rings. The van der Waals surface area contributed by atoms with Crippen molar-refractivity contribution in [3.63, 3.8) is 0 Å². The molecule has 0 fully saturated rings. The molecule has 0 unspecified atom stereocenters. The van der Waals surface area contributed by atoms with Gasteiger partial charge in [-0.1, -0.05) is 53.6 Å². The summed E-state index contributed by atoms with van der Waals surface area (Å²) in [7, 11) is 0. The van der Waals surface area contributed by atoms with E-state index in [4.69, 9.17) is 5.53 Å². The summed E-state index contributed by atoms with van der Waals surface area (Å²) in [5.74, 6) is 0. The Bertz CT molecular complexity index is 999. The highest BCUT2D eigenvalue weighted by Gasteiger charge is 2.22. The van der Waals surface area contributed by atoms with Gasteiger partial charge in [-0.2, -0.15) is 0 Å². The van der Waals surface area contributed by atoms with Crippen LogP contribution in [0.2, 0.25) is 0 Å². The first-order valence-electron chi connectivity index (χ1n) is 7.10. The van der Waals surface area contributed by atoms with Crippen molar-refractivity contribution < 1.29 is 0 Å². The minimum absolute atomic E-state index is 0.0916. The summed E-state index contributed by atoms with van der Waals surface area (Å²) in [6.45, 7) is 0.672. The second-order valence-electron chi connectivity index (χ2n) is 5.30. The van der Waals surface area contributed by atoms with Gasteiger partial charge in [0.1, 0.15) is 0 Å². The Morgan fingerprint density at radius 3 is 2.68 bits per heavy atom. The van der Waals surface area contributed by atoms with E-state index in [-0.39, 0.29) is 5.56 Å². The summed E-state index contributed by atoms with van der Waals surface area (Å²) in [6, 6.07) is 15.3. The van der Waals surface area contributed by atoms with Gasteiger partial charge in [-0.15, -0.1) is 0 Å². The molecule has 0 radical (unpaired) electrons. The van der Waals surface area contributed by atoms with E-state index < -0.39 is 0 Å². The van der Waals surface area contributed by atoms with Gasteiger partial charge in [0.15, 0.2) is 0 Å². The lowest BCUT2D eigenvalue weighted by molar-refractivity contribution is 0.743. The molecule has 5 heteroatoms. The molecule has 0 saturated heterocycles. The van der Waals surface area contributed by atoms with Gasteiger partial charge in [-0.25, -0.2) is 0 Å². The van der Waals surface area contributed by atoms with Gasteiger partial charge in [-0.05, 0) is 23.1 Å². The zero-order valence-electron chi connectivity index (χ0n) is 11.7. The van der Waals surface area contributed by atoms with Gasteiger partial charge < -0.3 is 4.57 Å². The fourth-order valence-corrected chi connectivity index (χ4v) is 3.23. The Hall–Kier alpha value is -3.04. The number of hydrogen-bond acceptors (Lipinski definition) is 2. The molecule has 0 bridgehead atoms. The molecule has 0 saturated carbocycles. The SMILES string of the molecule is [N-]=[N+]=Nc1c(-c2ccccc2)c(=O)n2c3c(cccc13)CC2. The summed E-state index contributed by atoms with van der Waals surface area (Å²) >= 11 is 0. The average molecular weight is 288 g/mol. The molecule has 0 aliphatic carbocycles. The van der Waals surface area contributed by atoms with Crippen LogP contribution in [0, 0.1) is 0 Å². The quantitative estimate of drug-likeness (QED) is 0.396. The van der Waals surface area contributed by atoms with E-state index in [2.05, 4.69) is 10.0 Å². The number of aromatic nitrogens is 1. The lowest BCUT2D eigenvalue weighted by Gasteiger charge is -2.12. The van der Waals surface area contributed by atoms with E-state index in [1.807, 2.05) is 48.5 Å². The van der Waals surface area contributed by atoms with Crippen LogP contribution in [0.5, 0.6) is 0 Å². The molecular weight excluding hydrogens is 276 g/mol. The molecule has 1 aliphatic heterocycles. The molecule has 3 aromatic rings. The molecule has 5 nitrogen and oxygen atoms in total. The maximum absolute atomic E-state index is 12.9. The van der Waals surface area contributed by atoms with Crippen molar-refractivity contribution in [2.75, 3.05) is 0 Å². The highest BCUT2D eigenvalue weighted by Crippen LogP contribution is 2.37. The molecule has 106 valence electrons. The molecule has 0 spiro atoms. The van der Waals surface area contributed by atoms with Crippen LogP contribution in [0.25, 0.3) is 32.5 Å². The molecule has 0 N–H and O–H groups in total. The van der Waals surface area contributed by atoms with E-state index in [9.17, 15) is 4.79 Å². The predicted molar refractivity (Wildman–Crippen MR) is 86.2 cm³/mol. The summed E-state index contributed by atoms with van der Waals surface area (Å²) in [5, 5.41) is 4.69. The lowest BCUT2D eigenvalue weighted by Crippen LogP contribution is -2.20. The minimum atomic E-state index is -0.0916. The summed E-state index contributed by atoms with van der Waals surface area (Å²) in [6.07, 6.45) is 0.834. The normalized spacial score (nSPS) is 12.4.